The lowest BCUT2D eigenvalue weighted by Gasteiger charge is -2.39. The molecule has 0 aliphatic carbocycles. The Labute approximate surface area is 420 Å². The number of hydrazine groups is 1. The summed E-state index contributed by atoms with van der Waals surface area (Å²) in [7, 11) is 0. The summed E-state index contributed by atoms with van der Waals surface area (Å²) in [5.41, 5.74) is 15.8. The zero-order valence-electron chi connectivity index (χ0n) is 40.2. The van der Waals surface area contributed by atoms with E-state index in [0.717, 1.165) is 54.8 Å². The zero-order chi connectivity index (χ0) is 49.6. The van der Waals surface area contributed by atoms with Gasteiger partial charge in [-0.3, -0.25) is 19.4 Å². The summed E-state index contributed by atoms with van der Waals surface area (Å²) in [6, 6.07) is 20.7. The SMILES string of the molecule is CCCSc1nc(NCCN)c(N)c(N(N)Cc2ccc(C#CCNC(=O)C3CCN(CCNC(=O)C#Cc4ccc5c(c4)OC4(CCN(C(=O)C(c6ccc(Cl)cc6)C(C)C)CC4)O5)CC3)cc2)n1. The van der Waals surface area contributed by atoms with Crippen molar-refractivity contribution in [3.8, 4) is 35.2 Å². The lowest BCUT2D eigenvalue weighted by molar-refractivity contribution is -0.148. The van der Waals surface area contributed by atoms with Gasteiger partial charge in [0.2, 0.25) is 11.8 Å². The van der Waals surface area contributed by atoms with Crippen LogP contribution in [-0.4, -0.2) is 108 Å². The van der Waals surface area contributed by atoms with Crippen LogP contribution in [0.3, 0.4) is 0 Å². The van der Waals surface area contributed by atoms with E-state index in [1.165, 1.54) is 5.01 Å². The van der Waals surface area contributed by atoms with Crippen molar-refractivity contribution >= 4 is 58.4 Å². The molecule has 70 heavy (non-hydrogen) atoms. The third-order valence-electron chi connectivity index (χ3n) is 12.5. The van der Waals surface area contributed by atoms with E-state index < -0.39 is 5.79 Å². The minimum absolute atomic E-state index is 0.000837. The van der Waals surface area contributed by atoms with Gasteiger partial charge in [-0.1, -0.05) is 86.2 Å². The smallest absolute Gasteiger partial charge is 0.296 e. The van der Waals surface area contributed by atoms with Crippen molar-refractivity contribution in [2.45, 2.75) is 76.3 Å². The number of rotatable bonds is 17. The van der Waals surface area contributed by atoms with Gasteiger partial charge in [-0.05, 0) is 91.9 Å². The highest BCUT2D eigenvalue weighted by molar-refractivity contribution is 7.99. The molecule has 16 nitrogen and oxygen atoms in total. The van der Waals surface area contributed by atoms with Crippen molar-refractivity contribution in [1.29, 1.82) is 0 Å². The van der Waals surface area contributed by atoms with E-state index in [9.17, 15) is 14.4 Å². The predicted molar refractivity (Wildman–Crippen MR) is 276 cm³/mol. The molecule has 2 saturated heterocycles. The third kappa shape index (κ3) is 13.8. The quantitative estimate of drug-likeness (QED) is 0.0259. The summed E-state index contributed by atoms with van der Waals surface area (Å²) in [4.78, 5) is 52.6. The van der Waals surface area contributed by atoms with Gasteiger partial charge in [0.05, 0.1) is 19.0 Å². The molecule has 7 rings (SSSR count). The minimum Gasteiger partial charge on any atom is -0.448 e. The Morgan fingerprint density at radius 2 is 1.64 bits per heavy atom. The molecule has 3 amide bonds. The van der Waals surface area contributed by atoms with E-state index in [1.54, 1.807) is 17.8 Å². The van der Waals surface area contributed by atoms with Crippen molar-refractivity contribution in [1.82, 2.24) is 30.4 Å². The first-order valence-corrected chi connectivity index (χ1v) is 25.4. The number of ether oxygens (including phenoxy) is 2. The van der Waals surface area contributed by atoms with Crippen LogP contribution in [0.25, 0.3) is 0 Å². The Bertz CT molecular complexity index is 2580. The van der Waals surface area contributed by atoms with Gasteiger partial charge in [-0.25, -0.2) is 15.8 Å². The number of aromatic nitrogens is 2. The molecule has 1 atom stereocenters. The molecular weight excluding hydrogens is 926 g/mol. The van der Waals surface area contributed by atoms with Crippen LogP contribution in [0.15, 0.2) is 71.9 Å². The maximum absolute atomic E-state index is 13.7. The second-order valence-corrected chi connectivity index (χ2v) is 19.5. The van der Waals surface area contributed by atoms with Gasteiger partial charge >= 0.3 is 0 Å². The van der Waals surface area contributed by atoms with Crippen molar-refractivity contribution in [2.75, 3.05) is 80.7 Å². The van der Waals surface area contributed by atoms with Crippen molar-refractivity contribution in [2.24, 2.45) is 23.4 Å². The Balaban J connectivity index is 0.783. The van der Waals surface area contributed by atoms with Gasteiger partial charge in [0.1, 0.15) is 5.69 Å². The lowest BCUT2D eigenvalue weighted by atomic mass is 9.86. The number of amides is 3. The fourth-order valence-corrected chi connectivity index (χ4v) is 9.49. The van der Waals surface area contributed by atoms with Crippen LogP contribution in [0, 0.1) is 35.5 Å². The average Bonchev–Trinajstić information content (AvgIpc) is 3.71. The maximum Gasteiger partial charge on any atom is 0.296 e. The summed E-state index contributed by atoms with van der Waals surface area (Å²) in [6.07, 6.45) is 3.48. The zero-order valence-corrected chi connectivity index (χ0v) is 41.8. The largest absolute Gasteiger partial charge is 0.448 e. The fourth-order valence-electron chi connectivity index (χ4n) is 8.67. The summed E-state index contributed by atoms with van der Waals surface area (Å²) >= 11 is 7.65. The molecule has 1 aromatic heterocycles. The Morgan fingerprint density at radius 1 is 0.929 bits per heavy atom. The van der Waals surface area contributed by atoms with E-state index in [2.05, 4.69) is 75.3 Å². The number of hydrogen-bond acceptors (Lipinski definition) is 14. The number of hydrogen-bond donors (Lipinski definition) is 6. The molecule has 18 heteroatoms. The number of nitrogens with two attached hydrogens (primary N) is 3. The van der Waals surface area contributed by atoms with Crippen LogP contribution in [0.4, 0.5) is 17.3 Å². The molecule has 0 radical (unpaired) electrons. The molecule has 0 bridgehead atoms. The van der Waals surface area contributed by atoms with E-state index in [1.807, 2.05) is 65.6 Å². The van der Waals surface area contributed by atoms with Crippen LogP contribution in [0.1, 0.15) is 81.0 Å². The molecule has 4 aromatic rings. The van der Waals surface area contributed by atoms with Gasteiger partial charge in [0, 0.05) is 85.9 Å². The number of carbonyl (C=O) groups excluding carboxylic acids is 3. The normalized spacial score (nSPS) is 15.6. The monoisotopic (exact) mass is 989 g/mol. The standard InChI is InChI=1S/C52H64ClN11O5S/c1-4-32-70-51-60-47(58-25-23-54)46(55)48(61-51)64(56)34-38-9-7-36(8-10-38)6-5-24-59-49(66)40-19-27-62(28-20-40)31-26-57-44(65)18-12-37-11-17-42-43(33-37)69-52(68-42)21-29-63(30-22-52)50(67)45(35(2)3)39-13-15-41(53)16-14-39/h7-11,13-17,33,35,40,45H,4,19-32,34,54-56H2,1-3H3,(H,57,65)(H,59,66)(H,58,60,61). The van der Waals surface area contributed by atoms with Crippen LogP contribution in [-0.2, 0) is 20.9 Å². The third-order valence-corrected chi connectivity index (χ3v) is 13.8. The highest BCUT2D eigenvalue weighted by atomic mass is 35.5. The van der Waals surface area contributed by atoms with Crippen LogP contribution in [0.2, 0.25) is 5.02 Å². The van der Waals surface area contributed by atoms with Crippen molar-refractivity contribution < 1.29 is 23.9 Å². The number of piperidine rings is 2. The number of benzene rings is 3. The first-order valence-electron chi connectivity index (χ1n) is 24.0. The first-order chi connectivity index (χ1) is 33.8. The highest BCUT2D eigenvalue weighted by Gasteiger charge is 2.46. The Kier molecular flexibility index (Phi) is 18.1. The Morgan fingerprint density at radius 3 is 2.34 bits per heavy atom. The maximum atomic E-state index is 13.7. The minimum atomic E-state index is -0.848. The molecule has 3 aromatic carbocycles. The van der Waals surface area contributed by atoms with Gasteiger partial charge < -0.3 is 46.7 Å². The summed E-state index contributed by atoms with van der Waals surface area (Å²) < 4.78 is 12.7. The number of carbonyl (C=O) groups is 3. The number of nitrogens with zero attached hydrogens (tertiary/aromatic N) is 5. The van der Waals surface area contributed by atoms with Crippen LogP contribution < -0.4 is 47.7 Å². The molecule has 1 spiro atoms. The summed E-state index contributed by atoms with van der Waals surface area (Å²) in [6.45, 7) is 11.4. The molecular formula is C52H64ClN11O5S. The van der Waals surface area contributed by atoms with E-state index >= 15 is 0 Å². The number of fused-ring (bicyclic) bond motifs is 1. The van der Waals surface area contributed by atoms with Crippen molar-refractivity contribution in [3.05, 3.63) is 94.0 Å². The van der Waals surface area contributed by atoms with E-state index in [0.29, 0.717) is 103 Å². The molecule has 2 fully saturated rings. The topological polar surface area (TPSA) is 219 Å². The van der Waals surface area contributed by atoms with Crippen LogP contribution >= 0.6 is 23.4 Å². The second kappa shape index (κ2) is 24.6. The molecule has 370 valence electrons. The number of anilines is 3. The number of halogens is 1. The second-order valence-electron chi connectivity index (χ2n) is 18.0. The first kappa shape index (κ1) is 51.6. The number of likely N-dealkylation sites (tertiary alicyclic amines) is 2. The fraction of sp³-hybridized carbons (Fsp3) is 0.442. The average molecular weight is 991 g/mol. The number of thioether (sulfide) groups is 1. The molecule has 4 heterocycles. The van der Waals surface area contributed by atoms with Gasteiger partial charge in [0.25, 0.3) is 11.7 Å². The number of nitrogens with one attached hydrogen (secondary N) is 3. The van der Waals surface area contributed by atoms with Crippen LogP contribution in [0.5, 0.6) is 11.5 Å². The molecule has 3 aliphatic heterocycles. The van der Waals surface area contributed by atoms with Gasteiger partial charge in [-0.2, -0.15) is 0 Å². The molecule has 0 saturated carbocycles. The highest BCUT2D eigenvalue weighted by Crippen LogP contribution is 2.44. The molecule has 9 N–H and O–H groups in total. The van der Waals surface area contributed by atoms with E-state index in [-0.39, 0.29) is 42.0 Å². The van der Waals surface area contributed by atoms with E-state index in [4.69, 9.17) is 38.4 Å². The molecule has 3 aliphatic rings. The summed E-state index contributed by atoms with van der Waals surface area (Å²) in [5.74, 6) is 19.9. The Hall–Kier alpha value is -6.21. The summed E-state index contributed by atoms with van der Waals surface area (Å²) in [5, 5.41) is 11.8. The predicted octanol–water partition coefficient (Wildman–Crippen LogP) is 5.34. The van der Waals surface area contributed by atoms with Crippen molar-refractivity contribution in [3.63, 3.8) is 0 Å². The van der Waals surface area contributed by atoms with Gasteiger partial charge in [0.15, 0.2) is 28.3 Å². The molecule has 1 unspecified atom stereocenters. The van der Waals surface area contributed by atoms with Gasteiger partial charge in [-0.15, -0.1) is 0 Å². The number of nitrogen functional groups attached to an aromatic ring is 1. The lowest BCUT2D eigenvalue weighted by Crippen LogP contribution is -2.52.